The first-order chi connectivity index (χ1) is 6.72. The van der Waals surface area contributed by atoms with Crippen LogP contribution in [-0.2, 0) is 0 Å². The largest absolute Gasteiger partial charge is 0.328 e. The Morgan fingerprint density at radius 1 is 1.50 bits per heavy atom. The molecule has 0 aliphatic heterocycles. The van der Waals surface area contributed by atoms with E-state index < -0.39 is 0 Å². The number of halogens is 1. The van der Waals surface area contributed by atoms with Gasteiger partial charge in [0, 0.05) is 11.1 Å². The van der Waals surface area contributed by atoms with Gasteiger partial charge >= 0.3 is 0 Å². The van der Waals surface area contributed by atoms with E-state index in [0.717, 1.165) is 22.5 Å². The molecule has 1 unspecified atom stereocenters. The zero-order chi connectivity index (χ0) is 10.1. The summed E-state index contributed by atoms with van der Waals surface area (Å²) in [5.74, 6) is 0. The third-order valence-corrected chi connectivity index (χ3v) is 2.84. The summed E-state index contributed by atoms with van der Waals surface area (Å²) in [6, 6.07) is 6.32. The Labute approximate surface area is 88.5 Å². The first-order valence-electron chi connectivity index (χ1n) is 4.84. The molecule has 0 fully saturated rings. The summed E-state index contributed by atoms with van der Waals surface area (Å²) in [6.45, 7) is 4.36. The number of fused-ring (bicyclic) bond motifs is 1. The molecule has 2 rings (SSSR count). The fourth-order valence-corrected chi connectivity index (χ4v) is 1.72. The van der Waals surface area contributed by atoms with E-state index in [0.29, 0.717) is 6.04 Å². The number of imidazole rings is 1. The lowest BCUT2D eigenvalue weighted by Crippen LogP contribution is -2.01. The third-order valence-electron chi connectivity index (χ3n) is 2.60. The molecule has 14 heavy (non-hydrogen) atoms. The van der Waals surface area contributed by atoms with E-state index in [4.69, 9.17) is 11.6 Å². The molecule has 0 bridgehead atoms. The van der Waals surface area contributed by atoms with Crippen molar-refractivity contribution in [3.05, 3.63) is 29.5 Å². The minimum absolute atomic E-state index is 0.487. The van der Waals surface area contributed by atoms with Crippen LogP contribution < -0.4 is 0 Å². The van der Waals surface area contributed by atoms with Gasteiger partial charge in [-0.15, -0.1) is 0 Å². The number of rotatable bonds is 2. The molecule has 0 saturated heterocycles. The van der Waals surface area contributed by atoms with Crippen LogP contribution in [0.1, 0.15) is 26.3 Å². The second-order valence-electron chi connectivity index (χ2n) is 3.54. The standard InChI is InChI=1S/C11H13ClN2/c1-3-8(2)14-7-13-10-6-9(12)4-5-11(10)14/h4-8H,3H2,1-2H3. The van der Waals surface area contributed by atoms with E-state index >= 15 is 0 Å². The van der Waals surface area contributed by atoms with E-state index in [9.17, 15) is 0 Å². The van der Waals surface area contributed by atoms with Crippen LogP contribution in [0.25, 0.3) is 11.0 Å². The number of hydrogen-bond acceptors (Lipinski definition) is 1. The van der Waals surface area contributed by atoms with E-state index in [-0.39, 0.29) is 0 Å². The molecule has 1 atom stereocenters. The first kappa shape index (κ1) is 9.53. The van der Waals surface area contributed by atoms with Gasteiger partial charge in [-0.1, -0.05) is 18.5 Å². The zero-order valence-electron chi connectivity index (χ0n) is 8.37. The van der Waals surface area contributed by atoms with Crippen molar-refractivity contribution >= 4 is 22.6 Å². The fourth-order valence-electron chi connectivity index (χ4n) is 1.55. The molecule has 2 aromatic rings. The van der Waals surface area contributed by atoms with Crippen LogP contribution in [0, 0.1) is 0 Å². The van der Waals surface area contributed by atoms with Gasteiger partial charge in [0.05, 0.1) is 17.4 Å². The summed E-state index contributed by atoms with van der Waals surface area (Å²) >= 11 is 5.89. The number of aromatic nitrogens is 2. The molecule has 0 spiro atoms. The molecular formula is C11H13ClN2. The molecular weight excluding hydrogens is 196 g/mol. The Morgan fingerprint density at radius 3 is 3.00 bits per heavy atom. The highest BCUT2D eigenvalue weighted by Gasteiger charge is 2.07. The lowest BCUT2D eigenvalue weighted by molar-refractivity contribution is 0.544. The second-order valence-corrected chi connectivity index (χ2v) is 3.98. The van der Waals surface area contributed by atoms with Gasteiger partial charge in [0.25, 0.3) is 0 Å². The number of hydrogen-bond donors (Lipinski definition) is 0. The first-order valence-corrected chi connectivity index (χ1v) is 5.22. The Balaban J connectivity index is 2.58. The monoisotopic (exact) mass is 208 g/mol. The Hall–Kier alpha value is -1.02. The minimum atomic E-state index is 0.487. The highest BCUT2D eigenvalue weighted by Crippen LogP contribution is 2.22. The van der Waals surface area contributed by atoms with Gasteiger partial charge in [-0.2, -0.15) is 0 Å². The van der Waals surface area contributed by atoms with Crippen molar-refractivity contribution in [2.45, 2.75) is 26.3 Å². The van der Waals surface area contributed by atoms with Crippen molar-refractivity contribution in [2.24, 2.45) is 0 Å². The molecule has 0 radical (unpaired) electrons. The smallest absolute Gasteiger partial charge is 0.0960 e. The SMILES string of the molecule is CCC(C)n1cnc2cc(Cl)ccc21. The number of benzene rings is 1. The van der Waals surface area contributed by atoms with Gasteiger partial charge in [0.2, 0.25) is 0 Å². The Kier molecular flexibility index (Phi) is 2.46. The van der Waals surface area contributed by atoms with Crippen molar-refractivity contribution in [1.29, 1.82) is 0 Å². The summed E-state index contributed by atoms with van der Waals surface area (Å²) < 4.78 is 2.19. The number of nitrogens with zero attached hydrogens (tertiary/aromatic N) is 2. The zero-order valence-corrected chi connectivity index (χ0v) is 9.12. The maximum Gasteiger partial charge on any atom is 0.0960 e. The maximum absolute atomic E-state index is 5.89. The van der Waals surface area contributed by atoms with Crippen molar-refractivity contribution in [3.63, 3.8) is 0 Å². The van der Waals surface area contributed by atoms with E-state index in [1.54, 1.807) is 0 Å². The van der Waals surface area contributed by atoms with Crippen molar-refractivity contribution in [2.75, 3.05) is 0 Å². The van der Waals surface area contributed by atoms with Gasteiger partial charge in [-0.3, -0.25) is 0 Å². The quantitative estimate of drug-likeness (QED) is 0.737. The molecule has 1 heterocycles. The summed E-state index contributed by atoms with van der Waals surface area (Å²) in [5, 5.41) is 0.743. The van der Waals surface area contributed by atoms with Crippen LogP contribution in [0.15, 0.2) is 24.5 Å². The Morgan fingerprint density at radius 2 is 2.29 bits per heavy atom. The van der Waals surface area contributed by atoms with Crippen molar-refractivity contribution in [3.8, 4) is 0 Å². The van der Waals surface area contributed by atoms with E-state index in [1.807, 2.05) is 24.5 Å². The van der Waals surface area contributed by atoms with Gasteiger partial charge < -0.3 is 4.57 Å². The minimum Gasteiger partial charge on any atom is -0.328 e. The Bertz CT molecular complexity index is 447. The summed E-state index contributed by atoms with van der Waals surface area (Å²) in [5.41, 5.74) is 2.13. The predicted octanol–water partition coefficient (Wildman–Crippen LogP) is 3.66. The van der Waals surface area contributed by atoms with Crippen LogP contribution in [-0.4, -0.2) is 9.55 Å². The van der Waals surface area contributed by atoms with Gasteiger partial charge in [-0.25, -0.2) is 4.98 Å². The predicted molar refractivity (Wildman–Crippen MR) is 59.7 cm³/mol. The molecule has 0 aliphatic rings. The molecule has 3 heteroatoms. The molecule has 2 nitrogen and oxygen atoms in total. The average molecular weight is 209 g/mol. The average Bonchev–Trinajstić information content (AvgIpc) is 2.59. The van der Waals surface area contributed by atoms with Crippen LogP contribution >= 0.6 is 11.6 Å². The lowest BCUT2D eigenvalue weighted by atomic mass is 10.2. The van der Waals surface area contributed by atoms with Crippen LogP contribution in [0.4, 0.5) is 0 Å². The normalized spacial score (nSPS) is 13.4. The molecule has 1 aromatic heterocycles. The third kappa shape index (κ3) is 1.50. The molecule has 74 valence electrons. The van der Waals surface area contributed by atoms with E-state index in [1.165, 1.54) is 0 Å². The molecule has 0 amide bonds. The lowest BCUT2D eigenvalue weighted by Gasteiger charge is -2.11. The van der Waals surface area contributed by atoms with Crippen molar-refractivity contribution < 1.29 is 0 Å². The van der Waals surface area contributed by atoms with Crippen molar-refractivity contribution in [1.82, 2.24) is 9.55 Å². The highest BCUT2D eigenvalue weighted by molar-refractivity contribution is 6.31. The molecule has 0 saturated carbocycles. The molecule has 0 aliphatic carbocycles. The summed E-state index contributed by atoms with van der Waals surface area (Å²) in [7, 11) is 0. The summed E-state index contributed by atoms with van der Waals surface area (Å²) in [4.78, 5) is 4.33. The molecule has 0 N–H and O–H groups in total. The van der Waals surface area contributed by atoms with Crippen LogP contribution in [0.2, 0.25) is 5.02 Å². The van der Waals surface area contributed by atoms with Crippen LogP contribution in [0.5, 0.6) is 0 Å². The van der Waals surface area contributed by atoms with Crippen LogP contribution in [0.3, 0.4) is 0 Å². The van der Waals surface area contributed by atoms with Gasteiger partial charge in [0.15, 0.2) is 0 Å². The maximum atomic E-state index is 5.89. The second kappa shape index (κ2) is 3.62. The topological polar surface area (TPSA) is 17.8 Å². The highest BCUT2D eigenvalue weighted by atomic mass is 35.5. The fraction of sp³-hybridized carbons (Fsp3) is 0.364. The molecule has 1 aromatic carbocycles. The summed E-state index contributed by atoms with van der Waals surface area (Å²) in [6.07, 6.45) is 2.99. The van der Waals surface area contributed by atoms with E-state index in [2.05, 4.69) is 23.4 Å². The van der Waals surface area contributed by atoms with Gasteiger partial charge in [0.1, 0.15) is 0 Å². The van der Waals surface area contributed by atoms with Gasteiger partial charge in [-0.05, 0) is 31.5 Å².